The summed E-state index contributed by atoms with van der Waals surface area (Å²) in [7, 11) is 1.31. The second kappa shape index (κ2) is 4.53. The molecule has 19 heavy (non-hydrogen) atoms. The smallest absolute Gasteiger partial charge is 0.497 e. The maximum absolute atomic E-state index is 6.11. The molecule has 0 saturated carbocycles. The van der Waals surface area contributed by atoms with E-state index in [1.165, 1.54) is 5.56 Å². The largest absolute Gasteiger partial charge is 0.498 e. The molecule has 0 radical (unpaired) electrons. The zero-order chi connectivity index (χ0) is 14.4. The third-order valence-corrected chi connectivity index (χ3v) is 4.20. The average Bonchev–Trinajstić information content (AvgIpc) is 2.46. The molecular weight excluding hydrogens is 239 g/mol. The van der Waals surface area contributed by atoms with Crippen LogP contribution in [0.15, 0.2) is 12.1 Å². The number of ether oxygens (including phenoxy) is 1. The van der Waals surface area contributed by atoms with Crippen molar-refractivity contribution in [3.8, 4) is 5.75 Å². The third-order valence-electron chi connectivity index (χ3n) is 4.20. The lowest BCUT2D eigenvalue weighted by Gasteiger charge is -2.32. The van der Waals surface area contributed by atoms with Crippen molar-refractivity contribution in [1.82, 2.24) is 0 Å². The predicted octanol–water partition coefficient (Wildman–Crippen LogP) is 2.61. The Bertz CT molecular complexity index is 478. The minimum atomic E-state index is -0.374. The third kappa shape index (κ3) is 2.39. The fourth-order valence-electron chi connectivity index (χ4n) is 2.37. The van der Waals surface area contributed by atoms with Crippen molar-refractivity contribution in [1.29, 1.82) is 0 Å². The summed E-state index contributed by atoms with van der Waals surface area (Å²) in [5.74, 6) is 0.830. The lowest BCUT2D eigenvalue weighted by atomic mass is 9.75. The van der Waals surface area contributed by atoms with Crippen LogP contribution >= 0.6 is 0 Å². The number of benzene rings is 1. The monoisotopic (exact) mass is 262 g/mol. The maximum atomic E-state index is 6.11. The summed E-state index contributed by atoms with van der Waals surface area (Å²) in [6.45, 7) is 12.4. The Hall–Kier alpha value is -0.995. The van der Waals surface area contributed by atoms with E-state index in [0.717, 1.165) is 16.8 Å². The van der Waals surface area contributed by atoms with Crippen LogP contribution in [0, 0.1) is 13.8 Å². The Morgan fingerprint density at radius 2 is 1.53 bits per heavy atom. The van der Waals surface area contributed by atoms with Crippen LogP contribution in [0.25, 0.3) is 0 Å². The molecule has 0 amide bonds. The molecule has 0 aromatic heterocycles. The minimum absolute atomic E-state index is 0.333. The normalized spacial score (nSPS) is 20.7. The summed E-state index contributed by atoms with van der Waals surface area (Å²) < 4.78 is 17.7. The molecule has 1 aliphatic rings. The van der Waals surface area contributed by atoms with Crippen LogP contribution < -0.4 is 10.2 Å². The van der Waals surface area contributed by atoms with Gasteiger partial charge in [0.1, 0.15) is 5.75 Å². The van der Waals surface area contributed by atoms with Gasteiger partial charge in [-0.25, -0.2) is 0 Å². The Labute approximate surface area is 116 Å². The van der Waals surface area contributed by atoms with Gasteiger partial charge in [-0.3, -0.25) is 0 Å². The number of hydrogen-bond acceptors (Lipinski definition) is 3. The number of rotatable bonds is 2. The molecule has 1 fully saturated rings. The van der Waals surface area contributed by atoms with Crippen LogP contribution in [0.4, 0.5) is 0 Å². The van der Waals surface area contributed by atoms with Gasteiger partial charge in [-0.15, -0.1) is 0 Å². The molecule has 0 aliphatic carbocycles. The molecule has 4 heteroatoms. The Kier molecular flexibility index (Phi) is 3.44. The molecule has 2 rings (SSSR count). The van der Waals surface area contributed by atoms with Crippen LogP contribution in [-0.2, 0) is 9.31 Å². The van der Waals surface area contributed by atoms with Gasteiger partial charge in [-0.2, -0.15) is 0 Å². The standard InChI is InChI=1S/C15H23BO3/c1-10-8-11(2)13(12(9-10)17-7)16-18-14(3,4)15(5,6)19-16/h8-9H,1-7H3. The Morgan fingerprint density at radius 1 is 1.00 bits per heavy atom. The maximum Gasteiger partial charge on any atom is 0.498 e. The second-order valence-corrected chi connectivity index (χ2v) is 6.29. The molecule has 1 heterocycles. The SMILES string of the molecule is COc1cc(C)cc(C)c1B1OC(C)(C)C(C)(C)O1. The quantitative estimate of drug-likeness (QED) is 0.767. The van der Waals surface area contributed by atoms with Gasteiger partial charge in [0.05, 0.1) is 18.3 Å². The van der Waals surface area contributed by atoms with Gasteiger partial charge in [0, 0.05) is 5.46 Å². The molecule has 1 aromatic rings. The highest BCUT2D eigenvalue weighted by Gasteiger charge is 2.52. The lowest BCUT2D eigenvalue weighted by molar-refractivity contribution is 0.00578. The second-order valence-electron chi connectivity index (χ2n) is 6.29. The Morgan fingerprint density at radius 3 is 2.00 bits per heavy atom. The zero-order valence-corrected chi connectivity index (χ0v) is 13.0. The summed E-state index contributed by atoms with van der Waals surface area (Å²) >= 11 is 0. The van der Waals surface area contributed by atoms with E-state index in [4.69, 9.17) is 14.0 Å². The van der Waals surface area contributed by atoms with Gasteiger partial charge in [0.25, 0.3) is 0 Å². The van der Waals surface area contributed by atoms with E-state index < -0.39 is 0 Å². The van der Waals surface area contributed by atoms with Crippen LogP contribution in [0.1, 0.15) is 38.8 Å². The van der Waals surface area contributed by atoms with Crippen molar-refractivity contribution < 1.29 is 14.0 Å². The highest BCUT2D eigenvalue weighted by atomic mass is 16.7. The molecule has 104 valence electrons. The summed E-state index contributed by atoms with van der Waals surface area (Å²) in [4.78, 5) is 0. The van der Waals surface area contributed by atoms with E-state index in [-0.39, 0.29) is 18.3 Å². The zero-order valence-electron chi connectivity index (χ0n) is 13.0. The molecule has 1 saturated heterocycles. The summed E-state index contributed by atoms with van der Waals surface area (Å²) in [6, 6.07) is 4.15. The first-order valence-corrected chi connectivity index (χ1v) is 6.69. The molecule has 1 aliphatic heterocycles. The van der Waals surface area contributed by atoms with Crippen molar-refractivity contribution in [2.24, 2.45) is 0 Å². The molecule has 0 atom stereocenters. The molecule has 0 bridgehead atoms. The lowest BCUT2D eigenvalue weighted by Crippen LogP contribution is -2.41. The van der Waals surface area contributed by atoms with Crippen molar-refractivity contribution in [3.63, 3.8) is 0 Å². The molecule has 3 nitrogen and oxygen atoms in total. The highest BCUT2D eigenvalue weighted by Crippen LogP contribution is 2.37. The van der Waals surface area contributed by atoms with Gasteiger partial charge < -0.3 is 14.0 Å². The fourth-order valence-corrected chi connectivity index (χ4v) is 2.37. The van der Waals surface area contributed by atoms with E-state index in [1.54, 1.807) is 7.11 Å². The fraction of sp³-hybridized carbons (Fsp3) is 0.600. The highest BCUT2D eigenvalue weighted by molar-refractivity contribution is 6.63. The summed E-state index contributed by atoms with van der Waals surface area (Å²) in [5.41, 5.74) is 2.64. The van der Waals surface area contributed by atoms with Crippen molar-refractivity contribution in [2.75, 3.05) is 7.11 Å². The van der Waals surface area contributed by atoms with Crippen LogP contribution in [0.3, 0.4) is 0 Å². The van der Waals surface area contributed by atoms with Gasteiger partial charge >= 0.3 is 7.12 Å². The van der Waals surface area contributed by atoms with Gasteiger partial charge in [0.2, 0.25) is 0 Å². The van der Waals surface area contributed by atoms with E-state index in [9.17, 15) is 0 Å². The Balaban J connectivity index is 2.45. The molecule has 0 spiro atoms. The van der Waals surface area contributed by atoms with Crippen molar-refractivity contribution in [2.45, 2.75) is 52.7 Å². The molecule has 0 unspecified atom stereocenters. The molecule has 0 N–H and O–H groups in total. The van der Waals surface area contributed by atoms with E-state index in [1.807, 2.05) is 6.07 Å². The molecular formula is C15H23BO3. The average molecular weight is 262 g/mol. The first-order valence-electron chi connectivity index (χ1n) is 6.69. The first kappa shape index (κ1) is 14.4. The summed E-state index contributed by atoms with van der Waals surface area (Å²) in [6.07, 6.45) is 0. The first-order chi connectivity index (χ1) is 8.68. The predicted molar refractivity (Wildman–Crippen MR) is 78.2 cm³/mol. The minimum Gasteiger partial charge on any atom is -0.497 e. The number of aryl methyl sites for hydroxylation is 2. The van der Waals surface area contributed by atoms with E-state index >= 15 is 0 Å². The number of methoxy groups -OCH3 is 1. The van der Waals surface area contributed by atoms with Gasteiger partial charge in [-0.1, -0.05) is 6.07 Å². The topological polar surface area (TPSA) is 27.7 Å². The van der Waals surface area contributed by atoms with Gasteiger partial charge in [0.15, 0.2) is 0 Å². The number of hydrogen-bond donors (Lipinski definition) is 0. The molecule has 1 aromatic carbocycles. The van der Waals surface area contributed by atoms with E-state index in [2.05, 4.69) is 47.6 Å². The van der Waals surface area contributed by atoms with Crippen LogP contribution in [0.2, 0.25) is 0 Å². The van der Waals surface area contributed by atoms with Gasteiger partial charge in [-0.05, 0) is 58.7 Å². The van der Waals surface area contributed by atoms with Crippen LogP contribution in [0.5, 0.6) is 5.75 Å². The van der Waals surface area contributed by atoms with Crippen LogP contribution in [-0.4, -0.2) is 25.4 Å². The van der Waals surface area contributed by atoms with E-state index in [0.29, 0.717) is 0 Å². The van der Waals surface area contributed by atoms with Crippen molar-refractivity contribution >= 4 is 12.6 Å². The van der Waals surface area contributed by atoms with Crippen molar-refractivity contribution in [3.05, 3.63) is 23.3 Å². The summed E-state index contributed by atoms with van der Waals surface area (Å²) in [5, 5.41) is 0.